The lowest BCUT2D eigenvalue weighted by atomic mass is 10.2. The van der Waals surface area contributed by atoms with Gasteiger partial charge in [0.25, 0.3) is 0 Å². The summed E-state index contributed by atoms with van der Waals surface area (Å²) in [6, 6.07) is 15.4. The van der Waals surface area contributed by atoms with Gasteiger partial charge in [-0.3, -0.25) is 0 Å². The lowest BCUT2D eigenvalue weighted by molar-refractivity contribution is -0.138. The van der Waals surface area contributed by atoms with Crippen LogP contribution in [-0.2, 0) is 22.7 Å². The smallest absolute Gasteiger partial charge is 0.331 e. The van der Waals surface area contributed by atoms with Crippen LogP contribution >= 0.6 is 22.7 Å². The number of aromatic nitrogens is 2. The first kappa shape index (κ1) is 19.3. The van der Waals surface area contributed by atoms with Gasteiger partial charge in [-0.2, -0.15) is 0 Å². The van der Waals surface area contributed by atoms with E-state index in [1.807, 2.05) is 60.8 Å². The summed E-state index contributed by atoms with van der Waals surface area (Å²) in [5.74, 6) is 0.314. The highest BCUT2D eigenvalue weighted by atomic mass is 32.1. The van der Waals surface area contributed by atoms with Gasteiger partial charge in [0.2, 0.25) is 0 Å². The van der Waals surface area contributed by atoms with Crippen molar-refractivity contribution in [3.8, 4) is 5.75 Å². The van der Waals surface area contributed by atoms with Gasteiger partial charge >= 0.3 is 5.97 Å². The normalized spacial score (nSPS) is 11.2. The number of hydrogen-bond acceptors (Lipinski definition) is 7. The van der Waals surface area contributed by atoms with Crippen molar-refractivity contribution in [3.63, 3.8) is 0 Å². The average Bonchev–Trinajstić information content (AvgIpc) is 3.35. The molecule has 7 heteroatoms. The molecule has 0 saturated carbocycles. The van der Waals surface area contributed by atoms with Crippen molar-refractivity contribution in [1.82, 2.24) is 9.97 Å². The molecule has 5 nitrogen and oxygen atoms in total. The molecule has 29 heavy (non-hydrogen) atoms. The molecule has 0 spiro atoms. The summed E-state index contributed by atoms with van der Waals surface area (Å²) in [6.07, 6.45) is 3.12. The van der Waals surface area contributed by atoms with Gasteiger partial charge in [0.05, 0.1) is 20.9 Å². The molecule has 0 amide bonds. The number of nitrogens with zero attached hydrogens (tertiary/aromatic N) is 2. The van der Waals surface area contributed by atoms with Crippen molar-refractivity contribution < 1.29 is 14.3 Å². The number of para-hydroxylation sites is 1. The minimum atomic E-state index is -0.409. The van der Waals surface area contributed by atoms with Crippen molar-refractivity contribution in [1.29, 1.82) is 0 Å². The maximum absolute atomic E-state index is 12.0. The van der Waals surface area contributed by atoms with E-state index in [0.717, 1.165) is 37.2 Å². The van der Waals surface area contributed by atoms with E-state index in [2.05, 4.69) is 9.97 Å². The standard InChI is InChI=1S/C22H18N2O3S2/c1-15-23-17(14-28-15)12-26-18-6-4-5-16(11-18)9-10-22(25)27-13-21-24-19-7-2-3-8-20(19)29-21/h2-11,14H,12-13H2,1H3/b10-9+. The Balaban J connectivity index is 1.31. The summed E-state index contributed by atoms with van der Waals surface area (Å²) in [6.45, 7) is 2.55. The molecule has 0 atom stereocenters. The summed E-state index contributed by atoms with van der Waals surface area (Å²) in [5, 5.41) is 3.78. The molecular formula is C22H18N2O3S2. The number of esters is 1. The molecule has 0 saturated heterocycles. The number of rotatable bonds is 7. The zero-order valence-corrected chi connectivity index (χ0v) is 17.3. The zero-order chi connectivity index (χ0) is 20.1. The molecule has 146 valence electrons. The third-order valence-corrected chi connectivity index (χ3v) is 5.83. The fourth-order valence-electron chi connectivity index (χ4n) is 2.67. The van der Waals surface area contributed by atoms with E-state index in [1.54, 1.807) is 17.4 Å². The van der Waals surface area contributed by atoms with Gasteiger partial charge in [0.15, 0.2) is 0 Å². The van der Waals surface area contributed by atoms with Crippen LogP contribution in [0.4, 0.5) is 0 Å². The number of aryl methyl sites for hydroxylation is 1. The molecule has 4 aromatic rings. The van der Waals surface area contributed by atoms with E-state index in [0.29, 0.717) is 6.61 Å². The van der Waals surface area contributed by atoms with Crippen LogP contribution in [0.5, 0.6) is 5.75 Å². The third kappa shape index (κ3) is 5.28. The summed E-state index contributed by atoms with van der Waals surface area (Å²) >= 11 is 3.13. The monoisotopic (exact) mass is 422 g/mol. The Hall–Kier alpha value is -3.03. The summed E-state index contributed by atoms with van der Waals surface area (Å²) in [4.78, 5) is 20.9. The maximum atomic E-state index is 12.0. The van der Waals surface area contributed by atoms with Crippen molar-refractivity contribution >= 4 is 44.9 Å². The molecule has 2 heterocycles. The second kappa shape index (κ2) is 8.98. The minimum Gasteiger partial charge on any atom is -0.487 e. The molecule has 0 N–H and O–H groups in total. The highest BCUT2D eigenvalue weighted by Gasteiger charge is 2.06. The van der Waals surface area contributed by atoms with Gasteiger partial charge in [0, 0.05) is 11.5 Å². The molecule has 0 aliphatic rings. The first-order valence-corrected chi connectivity index (χ1v) is 10.7. The van der Waals surface area contributed by atoms with Crippen LogP contribution in [-0.4, -0.2) is 15.9 Å². The third-order valence-electron chi connectivity index (χ3n) is 4.00. The number of hydrogen-bond donors (Lipinski definition) is 0. The minimum absolute atomic E-state index is 0.165. The van der Waals surface area contributed by atoms with Crippen LogP contribution in [0.25, 0.3) is 16.3 Å². The van der Waals surface area contributed by atoms with Gasteiger partial charge in [-0.25, -0.2) is 14.8 Å². The molecular weight excluding hydrogens is 404 g/mol. The van der Waals surface area contributed by atoms with E-state index < -0.39 is 5.97 Å². The lowest BCUT2D eigenvalue weighted by Gasteiger charge is -2.05. The average molecular weight is 423 g/mol. The first-order chi connectivity index (χ1) is 14.2. The first-order valence-electron chi connectivity index (χ1n) is 8.99. The Morgan fingerprint density at radius 3 is 2.83 bits per heavy atom. The Bertz CT molecular complexity index is 1130. The van der Waals surface area contributed by atoms with Crippen LogP contribution in [0.3, 0.4) is 0 Å². The second-order valence-corrected chi connectivity index (χ2v) is 8.41. The molecule has 0 aliphatic carbocycles. The topological polar surface area (TPSA) is 61.3 Å². The van der Waals surface area contributed by atoms with Crippen molar-refractivity contribution in [2.45, 2.75) is 20.1 Å². The van der Waals surface area contributed by atoms with Crippen LogP contribution in [0, 0.1) is 6.92 Å². The van der Waals surface area contributed by atoms with Crippen molar-refractivity contribution in [2.24, 2.45) is 0 Å². The van der Waals surface area contributed by atoms with Crippen LogP contribution in [0.15, 0.2) is 60.0 Å². The Labute approximate surface area is 176 Å². The van der Waals surface area contributed by atoms with Crippen LogP contribution in [0.1, 0.15) is 21.3 Å². The summed E-state index contributed by atoms with van der Waals surface area (Å²) in [5.41, 5.74) is 2.68. The molecule has 4 rings (SSSR count). The molecule has 0 bridgehead atoms. The highest BCUT2D eigenvalue weighted by molar-refractivity contribution is 7.18. The highest BCUT2D eigenvalue weighted by Crippen LogP contribution is 2.22. The largest absolute Gasteiger partial charge is 0.487 e. The van der Waals surface area contributed by atoms with Gasteiger partial charge in [0.1, 0.15) is 24.0 Å². The second-order valence-electron chi connectivity index (χ2n) is 6.24. The SMILES string of the molecule is Cc1nc(COc2cccc(/C=C/C(=O)OCc3nc4ccccc4s3)c2)cs1. The Morgan fingerprint density at radius 2 is 2.00 bits per heavy atom. The van der Waals surface area contributed by atoms with E-state index in [4.69, 9.17) is 9.47 Å². The number of carbonyl (C=O) groups excluding carboxylic acids is 1. The molecule has 2 aromatic heterocycles. The quantitative estimate of drug-likeness (QED) is 0.295. The molecule has 0 aliphatic heterocycles. The summed E-state index contributed by atoms with van der Waals surface area (Å²) < 4.78 is 12.2. The zero-order valence-electron chi connectivity index (χ0n) is 15.7. The Kier molecular flexibility index (Phi) is 5.97. The lowest BCUT2D eigenvalue weighted by Crippen LogP contribution is -2.00. The number of benzene rings is 2. The van der Waals surface area contributed by atoms with Crippen LogP contribution in [0.2, 0.25) is 0 Å². The van der Waals surface area contributed by atoms with E-state index in [1.165, 1.54) is 17.4 Å². The van der Waals surface area contributed by atoms with Gasteiger partial charge in [-0.05, 0) is 42.8 Å². The van der Waals surface area contributed by atoms with Gasteiger partial charge in [-0.15, -0.1) is 22.7 Å². The number of thiazole rings is 2. The van der Waals surface area contributed by atoms with Crippen molar-refractivity contribution in [3.05, 3.63) is 81.3 Å². The molecule has 0 fully saturated rings. The van der Waals surface area contributed by atoms with Gasteiger partial charge in [-0.1, -0.05) is 24.3 Å². The van der Waals surface area contributed by atoms with Crippen LogP contribution < -0.4 is 4.74 Å². The summed E-state index contributed by atoms with van der Waals surface area (Å²) in [7, 11) is 0. The number of carbonyl (C=O) groups is 1. The van der Waals surface area contributed by atoms with Gasteiger partial charge < -0.3 is 9.47 Å². The maximum Gasteiger partial charge on any atom is 0.331 e. The predicted molar refractivity (Wildman–Crippen MR) is 116 cm³/mol. The molecule has 2 aromatic carbocycles. The predicted octanol–water partition coefficient (Wildman–Crippen LogP) is 5.40. The fraction of sp³-hybridized carbons (Fsp3) is 0.136. The van der Waals surface area contributed by atoms with Crippen molar-refractivity contribution in [2.75, 3.05) is 0 Å². The fourth-order valence-corrected chi connectivity index (χ4v) is 4.14. The molecule has 0 unspecified atom stereocenters. The number of fused-ring (bicyclic) bond motifs is 1. The molecule has 0 radical (unpaired) electrons. The Morgan fingerprint density at radius 1 is 1.10 bits per heavy atom. The van der Waals surface area contributed by atoms with E-state index >= 15 is 0 Å². The number of ether oxygens (including phenoxy) is 2. The van der Waals surface area contributed by atoms with E-state index in [9.17, 15) is 4.79 Å². The van der Waals surface area contributed by atoms with E-state index in [-0.39, 0.29) is 6.61 Å².